The van der Waals surface area contributed by atoms with Gasteiger partial charge >= 0.3 is 0 Å². The molecule has 3 rings (SSSR count). The first-order chi connectivity index (χ1) is 11.1. The molecule has 5 nitrogen and oxygen atoms in total. The third kappa shape index (κ3) is 3.02. The van der Waals surface area contributed by atoms with Crippen LogP contribution in [-0.2, 0) is 11.8 Å². The number of anilines is 1. The van der Waals surface area contributed by atoms with Crippen LogP contribution in [0.25, 0.3) is 11.0 Å². The molecule has 1 aromatic carbocycles. The Kier molecular flexibility index (Phi) is 4.50. The average molecular weight is 318 g/mol. The van der Waals surface area contributed by atoms with Crippen LogP contribution in [0.1, 0.15) is 32.6 Å². The highest BCUT2D eigenvalue weighted by Crippen LogP contribution is 2.22. The summed E-state index contributed by atoms with van der Waals surface area (Å²) in [7, 11) is 1.83. The first kappa shape index (κ1) is 15.8. The number of carbonyl (C=O) groups excluding carboxylic acids is 1. The number of halogens is 1. The van der Waals surface area contributed by atoms with Crippen molar-refractivity contribution in [1.29, 1.82) is 0 Å². The summed E-state index contributed by atoms with van der Waals surface area (Å²) in [4.78, 5) is 18.9. The second kappa shape index (κ2) is 6.56. The van der Waals surface area contributed by atoms with Crippen molar-refractivity contribution in [2.75, 3.05) is 18.4 Å². The van der Waals surface area contributed by atoms with E-state index in [0.29, 0.717) is 23.4 Å². The van der Waals surface area contributed by atoms with Gasteiger partial charge in [0, 0.05) is 20.1 Å². The smallest absolute Gasteiger partial charge is 0.245 e. The van der Waals surface area contributed by atoms with Crippen molar-refractivity contribution in [3.63, 3.8) is 0 Å². The molecule has 0 spiro atoms. The Balaban J connectivity index is 1.82. The number of rotatable bonds is 4. The van der Waals surface area contributed by atoms with E-state index in [1.165, 1.54) is 12.5 Å². The maximum Gasteiger partial charge on any atom is 0.245 e. The normalized spacial score (nSPS) is 16.6. The molecule has 0 bridgehead atoms. The van der Waals surface area contributed by atoms with Gasteiger partial charge < -0.3 is 14.8 Å². The van der Waals surface area contributed by atoms with Gasteiger partial charge in [-0.2, -0.15) is 0 Å². The minimum absolute atomic E-state index is 0.111. The van der Waals surface area contributed by atoms with Crippen LogP contribution in [-0.4, -0.2) is 39.5 Å². The van der Waals surface area contributed by atoms with Gasteiger partial charge in [-0.15, -0.1) is 0 Å². The van der Waals surface area contributed by atoms with Gasteiger partial charge in [-0.3, -0.25) is 4.79 Å². The molecule has 1 aliphatic rings. The van der Waals surface area contributed by atoms with Gasteiger partial charge in [0.2, 0.25) is 11.9 Å². The number of fused-ring (bicyclic) bond motifs is 1. The van der Waals surface area contributed by atoms with E-state index in [0.717, 1.165) is 25.9 Å². The van der Waals surface area contributed by atoms with Crippen LogP contribution < -0.4 is 5.32 Å². The Hall–Kier alpha value is -2.11. The quantitative estimate of drug-likeness (QED) is 0.943. The minimum atomic E-state index is -0.346. The van der Waals surface area contributed by atoms with Gasteiger partial charge in [-0.1, -0.05) is 13.0 Å². The number of carbonyl (C=O) groups is 1. The highest BCUT2D eigenvalue weighted by atomic mass is 19.1. The molecule has 6 heteroatoms. The predicted molar refractivity (Wildman–Crippen MR) is 88.8 cm³/mol. The summed E-state index contributed by atoms with van der Waals surface area (Å²) in [6.45, 7) is 3.63. The molecule has 0 saturated carbocycles. The lowest BCUT2D eigenvalue weighted by atomic mass is 10.1. The highest BCUT2D eigenvalue weighted by molar-refractivity contribution is 5.85. The van der Waals surface area contributed by atoms with Crippen molar-refractivity contribution in [2.24, 2.45) is 7.05 Å². The van der Waals surface area contributed by atoms with Crippen molar-refractivity contribution < 1.29 is 9.18 Å². The fourth-order valence-corrected chi connectivity index (χ4v) is 3.14. The number of aryl methyl sites for hydroxylation is 1. The molecule has 1 N–H and O–H groups in total. The van der Waals surface area contributed by atoms with E-state index >= 15 is 0 Å². The third-order valence-electron chi connectivity index (χ3n) is 4.54. The molecule has 2 heterocycles. The number of likely N-dealkylation sites (tertiary alicyclic amines) is 1. The third-order valence-corrected chi connectivity index (χ3v) is 4.54. The molecule has 0 aliphatic carbocycles. The van der Waals surface area contributed by atoms with Gasteiger partial charge in [-0.05, 0) is 37.8 Å². The first-order valence-corrected chi connectivity index (χ1v) is 8.28. The largest absolute Gasteiger partial charge is 0.344 e. The van der Waals surface area contributed by atoms with Crippen molar-refractivity contribution >= 4 is 22.9 Å². The lowest BCUT2D eigenvalue weighted by Gasteiger charge is -2.30. The standard InChI is InChI=1S/C17H23FN4O/c1-3-13(16(23)22-10-5-4-6-11-22)19-17-20-15-12(18)8-7-9-14(15)21(17)2/h7-9,13H,3-6,10-11H2,1-2H3,(H,19,20). The Morgan fingerprint density at radius 1 is 1.35 bits per heavy atom. The summed E-state index contributed by atoms with van der Waals surface area (Å²) in [6.07, 6.45) is 4.00. The molecule has 2 aromatic rings. The van der Waals surface area contributed by atoms with Gasteiger partial charge in [0.05, 0.1) is 5.52 Å². The molecular formula is C17H23FN4O. The lowest BCUT2D eigenvalue weighted by Crippen LogP contribution is -2.45. The fourth-order valence-electron chi connectivity index (χ4n) is 3.14. The van der Waals surface area contributed by atoms with Crippen molar-refractivity contribution in [3.8, 4) is 0 Å². The van der Waals surface area contributed by atoms with Crippen LogP contribution in [0.15, 0.2) is 18.2 Å². The van der Waals surface area contributed by atoms with E-state index in [1.54, 1.807) is 10.6 Å². The zero-order chi connectivity index (χ0) is 16.4. The molecule has 1 atom stereocenters. The molecule has 23 heavy (non-hydrogen) atoms. The maximum absolute atomic E-state index is 13.9. The first-order valence-electron chi connectivity index (χ1n) is 8.28. The zero-order valence-electron chi connectivity index (χ0n) is 13.7. The Morgan fingerprint density at radius 3 is 2.74 bits per heavy atom. The number of nitrogens with zero attached hydrogens (tertiary/aromatic N) is 3. The maximum atomic E-state index is 13.9. The van der Waals surface area contributed by atoms with Crippen LogP contribution >= 0.6 is 0 Å². The van der Waals surface area contributed by atoms with E-state index in [2.05, 4.69) is 10.3 Å². The second-order valence-electron chi connectivity index (χ2n) is 6.09. The number of benzene rings is 1. The predicted octanol–water partition coefficient (Wildman–Crippen LogP) is 2.92. The molecule has 1 unspecified atom stereocenters. The van der Waals surface area contributed by atoms with Crippen LogP contribution in [0.4, 0.5) is 10.3 Å². The minimum Gasteiger partial charge on any atom is -0.344 e. The second-order valence-corrected chi connectivity index (χ2v) is 6.09. The Bertz CT molecular complexity index is 706. The fraction of sp³-hybridized carbons (Fsp3) is 0.529. The van der Waals surface area contributed by atoms with E-state index in [-0.39, 0.29) is 17.8 Å². The molecule has 1 aliphatic heterocycles. The lowest BCUT2D eigenvalue weighted by molar-refractivity contribution is -0.133. The molecule has 1 fully saturated rings. The number of nitrogens with one attached hydrogen (secondary N) is 1. The Morgan fingerprint density at radius 2 is 2.09 bits per heavy atom. The van der Waals surface area contributed by atoms with Crippen molar-refractivity contribution in [3.05, 3.63) is 24.0 Å². The molecule has 1 saturated heterocycles. The summed E-state index contributed by atoms with van der Waals surface area (Å²) < 4.78 is 15.7. The molecule has 124 valence electrons. The summed E-state index contributed by atoms with van der Waals surface area (Å²) >= 11 is 0. The number of aromatic nitrogens is 2. The van der Waals surface area contributed by atoms with Gasteiger partial charge in [-0.25, -0.2) is 9.37 Å². The van der Waals surface area contributed by atoms with E-state index < -0.39 is 0 Å². The van der Waals surface area contributed by atoms with Gasteiger partial charge in [0.1, 0.15) is 11.6 Å². The van der Waals surface area contributed by atoms with Crippen molar-refractivity contribution in [1.82, 2.24) is 14.5 Å². The van der Waals surface area contributed by atoms with Crippen LogP contribution in [0.3, 0.4) is 0 Å². The number of piperidine rings is 1. The van der Waals surface area contributed by atoms with E-state index in [1.807, 2.05) is 24.9 Å². The monoisotopic (exact) mass is 318 g/mol. The van der Waals surface area contributed by atoms with Crippen molar-refractivity contribution in [2.45, 2.75) is 38.6 Å². The summed E-state index contributed by atoms with van der Waals surface area (Å²) in [6, 6.07) is 4.56. The number of para-hydroxylation sites is 1. The molecule has 1 aromatic heterocycles. The average Bonchev–Trinajstić information content (AvgIpc) is 2.90. The van der Waals surface area contributed by atoms with Gasteiger partial charge in [0.15, 0.2) is 5.82 Å². The summed E-state index contributed by atoms with van der Waals surface area (Å²) in [5, 5.41) is 3.20. The van der Waals surface area contributed by atoms with E-state index in [9.17, 15) is 9.18 Å². The number of hydrogen-bond acceptors (Lipinski definition) is 3. The van der Waals surface area contributed by atoms with Gasteiger partial charge in [0.25, 0.3) is 0 Å². The topological polar surface area (TPSA) is 50.2 Å². The number of amides is 1. The summed E-state index contributed by atoms with van der Waals surface area (Å²) in [5.74, 6) is 0.295. The Labute approximate surface area is 135 Å². The number of hydrogen-bond donors (Lipinski definition) is 1. The highest BCUT2D eigenvalue weighted by Gasteiger charge is 2.25. The summed E-state index contributed by atoms with van der Waals surface area (Å²) in [5.41, 5.74) is 1.05. The molecule has 1 amide bonds. The molecular weight excluding hydrogens is 295 g/mol. The van der Waals surface area contributed by atoms with Crippen LogP contribution in [0.5, 0.6) is 0 Å². The van der Waals surface area contributed by atoms with Crippen LogP contribution in [0.2, 0.25) is 0 Å². The van der Waals surface area contributed by atoms with Crippen LogP contribution in [0, 0.1) is 5.82 Å². The van der Waals surface area contributed by atoms with E-state index in [4.69, 9.17) is 0 Å². The number of imidazole rings is 1. The SMILES string of the molecule is CCC(Nc1nc2c(F)cccc2n1C)C(=O)N1CCCCC1. The molecule has 0 radical (unpaired) electrons. The zero-order valence-corrected chi connectivity index (χ0v) is 13.7.